The molecule has 0 unspecified atom stereocenters. The number of thioether (sulfide) groups is 1. The van der Waals surface area contributed by atoms with Crippen molar-refractivity contribution in [3.63, 3.8) is 0 Å². The Labute approximate surface area is 141 Å². The van der Waals surface area contributed by atoms with Crippen LogP contribution in [0.1, 0.15) is 10.5 Å². The third kappa shape index (κ3) is 2.81. The van der Waals surface area contributed by atoms with Gasteiger partial charge >= 0.3 is 0 Å². The number of anilines is 2. The molecule has 2 N–H and O–H groups in total. The fourth-order valence-corrected chi connectivity index (χ4v) is 3.21. The predicted octanol–water partition coefficient (Wildman–Crippen LogP) is 2.93. The van der Waals surface area contributed by atoms with Crippen LogP contribution in [0.4, 0.5) is 11.4 Å². The molecule has 0 atom stereocenters. The molecule has 2 aromatic carbocycles. The van der Waals surface area contributed by atoms with E-state index < -0.39 is 0 Å². The quantitative estimate of drug-likeness (QED) is 0.752. The molecule has 0 spiro atoms. The van der Waals surface area contributed by atoms with Gasteiger partial charge in [0, 0.05) is 10.6 Å². The number of aromatic nitrogens is 2. The first-order valence-corrected chi connectivity index (χ1v) is 8.27. The van der Waals surface area contributed by atoms with E-state index in [2.05, 4.69) is 20.6 Å². The molecule has 6 nitrogen and oxygen atoms in total. The fraction of sp³-hybridized carbons (Fsp3) is 0.0588. The molecule has 3 aromatic rings. The summed E-state index contributed by atoms with van der Waals surface area (Å²) in [6, 6.07) is 12.8. The number of amides is 2. The van der Waals surface area contributed by atoms with E-state index in [4.69, 9.17) is 0 Å². The van der Waals surface area contributed by atoms with E-state index in [9.17, 15) is 9.59 Å². The van der Waals surface area contributed by atoms with E-state index in [1.54, 1.807) is 12.1 Å². The van der Waals surface area contributed by atoms with E-state index in [-0.39, 0.29) is 17.5 Å². The van der Waals surface area contributed by atoms with Gasteiger partial charge in [-0.2, -0.15) is 0 Å². The first kappa shape index (κ1) is 14.6. The Kier molecular flexibility index (Phi) is 3.62. The van der Waals surface area contributed by atoms with Gasteiger partial charge < -0.3 is 10.6 Å². The van der Waals surface area contributed by atoms with Crippen LogP contribution in [0.5, 0.6) is 0 Å². The second-order valence-electron chi connectivity index (χ2n) is 5.25. The van der Waals surface area contributed by atoms with Gasteiger partial charge in [-0.3, -0.25) is 14.6 Å². The molecule has 0 aliphatic carbocycles. The average molecular weight is 336 g/mol. The van der Waals surface area contributed by atoms with Crippen molar-refractivity contribution in [1.82, 2.24) is 9.97 Å². The number of nitrogens with zero attached hydrogens (tertiary/aromatic N) is 2. The minimum Gasteiger partial charge on any atom is -0.324 e. The number of rotatable bonds is 2. The molecular weight excluding hydrogens is 324 g/mol. The molecule has 1 aliphatic heterocycles. The second kappa shape index (κ2) is 5.93. The van der Waals surface area contributed by atoms with Crippen LogP contribution in [-0.4, -0.2) is 27.5 Å². The Bertz CT molecular complexity index is 974. The molecule has 0 saturated heterocycles. The lowest BCUT2D eigenvalue weighted by atomic mass is 10.2. The van der Waals surface area contributed by atoms with E-state index >= 15 is 0 Å². The van der Waals surface area contributed by atoms with Crippen LogP contribution in [0.2, 0.25) is 0 Å². The van der Waals surface area contributed by atoms with Crippen LogP contribution >= 0.6 is 11.8 Å². The lowest BCUT2D eigenvalue weighted by molar-refractivity contribution is -0.113. The van der Waals surface area contributed by atoms with Crippen LogP contribution in [0.25, 0.3) is 11.0 Å². The first-order valence-electron chi connectivity index (χ1n) is 7.29. The van der Waals surface area contributed by atoms with Crippen LogP contribution in [0, 0.1) is 0 Å². The zero-order valence-corrected chi connectivity index (χ0v) is 13.3. The topological polar surface area (TPSA) is 84.0 Å². The van der Waals surface area contributed by atoms with Gasteiger partial charge in [0.15, 0.2) is 0 Å². The Morgan fingerprint density at radius 3 is 2.88 bits per heavy atom. The van der Waals surface area contributed by atoms with Crippen LogP contribution < -0.4 is 10.6 Å². The lowest BCUT2D eigenvalue weighted by Gasteiger charge is -2.17. The Balaban J connectivity index is 1.59. The highest BCUT2D eigenvalue weighted by atomic mass is 32.2. The minimum atomic E-state index is -0.344. The SMILES string of the molecule is O=C1CSc2ccc(NC(=O)c3cnc4ccccc4n3)cc2N1. The summed E-state index contributed by atoms with van der Waals surface area (Å²) < 4.78 is 0. The van der Waals surface area contributed by atoms with Crippen LogP contribution in [0.15, 0.2) is 53.6 Å². The van der Waals surface area contributed by atoms with Gasteiger partial charge in [0.25, 0.3) is 5.91 Å². The first-order chi connectivity index (χ1) is 11.7. The molecule has 2 heterocycles. The molecule has 1 aromatic heterocycles. The number of hydrogen-bond donors (Lipinski definition) is 2. The van der Waals surface area contributed by atoms with E-state index in [1.807, 2.05) is 30.3 Å². The number of carbonyl (C=O) groups is 2. The maximum absolute atomic E-state index is 12.4. The summed E-state index contributed by atoms with van der Waals surface area (Å²) in [7, 11) is 0. The molecule has 0 radical (unpaired) electrons. The van der Waals surface area contributed by atoms with Crippen molar-refractivity contribution >= 4 is 46.0 Å². The van der Waals surface area contributed by atoms with Crippen molar-refractivity contribution in [3.8, 4) is 0 Å². The standard InChI is InChI=1S/C17H12N4O2S/c22-16-9-24-15-6-5-10(7-13(15)21-16)19-17(23)14-8-18-11-3-1-2-4-12(11)20-14/h1-8H,9H2,(H,19,23)(H,21,22). The molecule has 1 aliphatic rings. The zero-order chi connectivity index (χ0) is 16.5. The zero-order valence-electron chi connectivity index (χ0n) is 12.4. The number of para-hydroxylation sites is 2. The minimum absolute atomic E-state index is 0.0450. The molecule has 0 saturated carbocycles. The molecule has 118 valence electrons. The summed E-state index contributed by atoms with van der Waals surface area (Å²) in [5, 5.41) is 5.58. The van der Waals surface area contributed by atoms with Crippen molar-refractivity contribution < 1.29 is 9.59 Å². The number of fused-ring (bicyclic) bond motifs is 2. The number of benzene rings is 2. The van der Waals surface area contributed by atoms with Crippen molar-refractivity contribution in [2.75, 3.05) is 16.4 Å². The van der Waals surface area contributed by atoms with Gasteiger partial charge in [-0.1, -0.05) is 12.1 Å². The second-order valence-corrected chi connectivity index (χ2v) is 6.26. The highest BCUT2D eigenvalue weighted by Crippen LogP contribution is 2.33. The van der Waals surface area contributed by atoms with Crippen molar-refractivity contribution in [1.29, 1.82) is 0 Å². The summed E-state index contributed by atoms with van der Waals surface area (Å²) in [5.41, 5.74) is 2.95. The molecule has 0 bridgehead atoms. The molecule has 7 heteroatoms. The van der Waals surface area contributed by atoms with Gasteiger partial charge in [0.05, 0.1) is 28.7 Å². The molecule has 24 heavy (non-hydrogen) atoms. The van der Waals surface area contributed by atoms with Crippen LogP contribution in [0.3, 0.4) is 0 Å². The van der Waals surface area contributed by atoms with E-state index in [0.717, 1.165) is 10.4 Å². The van der Waals surface area contributed by atoms with Gasteiger partial charge in [-0.15, -0.1) is 11.8 Å². The summed E-state index contributed by atoms with van der Waals surface area (Å²) >= 11 is 1.48. The molecule has 4 rings (SSSR count). The van der Waals surface area contributed by atoms with Crippen molar-refractivity contribution in [2.45, 2.75) is 4.90 Å². The van der Waals surface area contributed by atoms with Crippen molar-refractivity contribution in [3.05, 3.63) is 54.4 Å². The average Bonchev–Trinajstić information content (AvgIpc) is 2.61. The monoisotopic (exact) mass is 336 g/mol. The number of hydrogen-bond acceptors (Lipinski definition) is 5. The van der Waals surface area contributed by atoms with E-state index in [1.165, 1.54) is 18.0 Å². The summed E-state index contributed by atoms with van der Waals surface area (Å²) in [6.07, 6.45) is 1.45. The summed E-state index contributed by atoms with van der Waals surface area (Å²) in [4.78, 5) is 33.4. The third-order valence-electron chi connectivity index (χ3n) is 3.55. The third-order valence-corrected chi connectivity index (χ3v) is 4.63. The summed E-state index contributed by atoms with van der Waals surface area (Å²) in [6.45, 7) is 0. The Morgan fingerprint density at radius 2 is 2.00 bits per heavy atom. The van der Waals surface area contributed by atoms with Gasteiger partial charge in [0.1, 0.15) is 5.69 Å². The highest BCUT2D eigenvalue weighted by molar-refractivity contribution is 8.00. The maximum Gasteiger partial charge on any atom is 0.275 e. The predicted molar refractivity (Wildman–Crippen MR) is 93.3 cm³/mol. The fourth-order valence-electron chi connectivity index (χ4n) is 2.42. The van der Waals surface area contributed by atoms with Gasteiger partial charge in [0.2, 0.25) is 5.91 Å². The van der Waals surface area contributed by atoms with Crippen molar-refractivity contribution in [2.24, 2.45) is 0 Å². The lowest BCUT2D eigenvalue weighted by Crippen LogP contribution is -2.19. The summed E-state index contributed by atoms with van der Waals surface area (Å²) in [5.74, 6) is 0.0186. The number of carbonyl (C=O) groups excluding carboxylic acids is 2. The molecule has 2 amide bonds. The largest absolute Gasteiger partial charge is 0.324 e. The number of nitrogens with one attached hydrogen (secondary N) is 2. The van der Waals surface area contributed by atoms with Crippen LogP contribution in [-0.2, 0) is 4.79 Å². The van der Waals surface area contributed by atoms with Gasteiger partial charge in [-0.25, -0.2) is 4.98 Å². The molecular formula is C17H12N4O2S. The normalized spacial score (nSPS) is 13.2. The molecule has 0 fully saturated rings. The Hall–Kier alpha value is -2.93. The Morgan fingerprint density at radius 1 is 1.17 bits per heavy atom. The van der Waals surface area contributed by atoms with Gasteiger partial charge in [-0.05, 0) is 30.3 Å². The highest BCUT2D eigenvalue weighted by Gasteiger charge is 2.16. The van der Waals surface area contributed by atoms with E-state index in [0.29, 0.717) is 22.6 Å². The smallest absolute Gasteiger partial charge is 0.275 e. The maximum atomic E-state index is 12.4.